The molecule has 0 N–H and O–H groups in total. The van der Waals surface area contributed by atoms with Crippen molar-refractivity contribution in [1.82, 2.24) is 0 Å². The Labute approximate surface area is 126 Å². The number of aryl methyl sites for hydroxylation is 1. The number of hydrogen-bond donors (Lipinski definition) is 0. The maximum Gasteiger partial charge on any atom is 0.159 e. The Morgan fingerprint density at radius 1 is 1.10 bits per heavy atom. The molecule has 0 saturated heterocycles. The fourth-order valence-electron chi connectivity index (χ4n) is 3.00. The van der Waals surface area contributed by atoms with Crippen molar-refractivity contribution >= 4 is 11.5 Å². The van der Waals surface area contributed by atoms with E-state index in [1.54, 1.807) is 6.92 Å². The van der Waals surface area contributed by atoms with Gasteiger partial charge in [-0.3, -0.25) is 4.79 Å². The maximum absolute atomic E-state index is 11.3. The van der Waals surface area contributed by atoms with Crippen LogP contribution in [0.15, 0.2) is 42.5 Å². The Bertz CT molecular complexity index is 672. The number of carbonyl (C=O) groups excluding carboxylic acids is 1. The molecule has 0 unspecified atom stereocenters. The lowest BCUT2D eigenvalue weighted by Crippen LogP contribution is -2.33. The van der Waals surface area contributed by atoms with Crippen LogP contribution in [-0.2, 0) is 6.42 Å². The molecule has 0 amide bonds. The Morgan fingerprint density at radius 2 is 1.76 bits per heavy atom. The molecular weight excluding hydrogens is 258 g/mol. The van der Waals surface area contributed by atoms with Gasteiger partial charge in [-0.25, -0.2) is 0 Å². The van der Waals surface area contributed by atoms with Crippen LogP contribution in [-0.4, -0.2) is 18.9 Å². The summed E-state index contributed by atoms with van der Waals surface area (Å²) >= 11 is 0. The van der Waals surface area contributed by atoms with E-state index in [4.69, 9.17) is 0 Å². The molecule has 108 valence electrons. The first-order valence-electron chi connectivity index (χ1n) is 7.53. The fraction of sp³-hybridized carbons (Fsp3) is 0.316. The van der Waals surface area contributed by atoms with E-state index in [1.807, 2.05) is 24.3 Å². The normalized spacial score (nSPS) is 17.5. The van der Waals surface area contributed by atoms with Gasteiger partial charge in [-0.2, -0.15) is 0 Å². The summed E-state index contributed by atoms with van der Waals surface area (Å²) < 4.78 is 0. The van der Waals surface area contributed by atoms with Crippen LogP contribution in [0.25, 0.3) is 11.1 Å². The summed E-state index contributed by atoms with van der Waals surface area (Å²) in [5.41, 5.74) is 5.93. The zero-order chi connectivity index (χ0) is 15.0. The predicted molar refractivity (Wildman–Crippen MR) is 88.1 cm³/mol. The van der Waals surface area contributed by atoms with E-state index in [9.17, 15) is 4.79 Å². The highest BCUT2D eigenvalue weighted by Gasteiger charge is 2.19. The second-order valence-corrected chi connectivity index (χ2v) is 5.98. The lowest BCUT2D eigenvalue weighted by atomic mass is 9.93. The van der Waals surface area contributed by atoms with Gasteiger partial charge in [0.25, 0.3) is 0 Å². The average molecular weight is 279 g/mol. The van der Waals surface area contributed by atoms with Crippen molar-refractivity contribution < 1.29 is 4.79 Å². The first-order chi connectivity index (χ1) is 10.1. The van der Waals surface area contributed by atoms with Gasteiger partial charge in [0.1, 0.15) is 0 Å². The first kappa shape index (κ1) is 13.9. The van der Waals surface area contributed by atoms with Crippen molar-refractivity contribution in [3.05, 3.63) is 53.6 Å². The minimum absolute atomic E-state index is 0.114. The molecule has 1 atom stereocenters. The first-order valence-corrected chi connectivity index (χ1v) is 7.53. The van der Waals surface area contributed by atoms with Gasteiger partial charge in [0.05, 0.1) is 0 Å². The van der Waals surface area contributed by atoms with Gasteiger partial charge in [0, 0.05) is 24.3 Å². The molecular formula is C19H21NO. The molecule has 21 heavy (non-hydrogen) atoms. The van der Waals surface area contributed by atoms with Gasteiger partial charge < -0.3 is 4.90 Å². The summed E-state index contributed by atoms with van der Waals surface area (Å²) in [6.45, 7) is 3.88. The van der Waals surface area contributed by atoms with E-state index in [2.05, 4.69) is 37.1 Å². The second-order valence-electron chi connectivity index (χ2n) is 5.98. The molecule has 0 bridgehead atoms. The lowest BCUT2D eigenvalue weighted by Gasteiger charge is -2.34. The molecule has 1 heterocycles. The zero-order valence-electron chi connectivity index (χ0n) is 12.9. The summed E-state index contributed by atoms with van der Waals surface area (Å²) in [5, 5.41) is 0. The third-order valence-corrected chi connectivity index (χ3v) is 4.58. The molecule has 0 radical (unpaired) electrons. The topological polar surface area (TPSA) is 20.3 Å². The number of anilines is 1. The largest absolute Gasteiger partial charge is 0.372 e. The van der Waals surface area contributed by atoms with Gasteiger partial charge in [0.15, 0.2) is 5.78 Å². The Morgan fingerprint density at radius 3 is 2.43 bits per heavy atom. The van der Waals surface area contributed by atoms with Gasteiger partial charge >= 0.3 is 0 Å². The molecule has 1 aliphatic heterocycles. The minimum atomic E-state index is 0.114. The zero-order valence-corrected chi connectivity index (χ0v) is 12.9. The van der Waals surface area contributed by atoms with E-state index in [0.29, 0.717) is 6.04 Å². The highest BCUT2D eigenvalue weighted by molar-refractivity contribution is 5.94. The molecule has 0 saturated carbocycles. The van der Waals surface area contributed by atoms with Crippen molar-refractivity contribution in [3.8, 4) is 11.1 Å². The molecule has 1 aliphatic rings. The van der Waals surface area contributed by atoms with E-state index in [-0.39, 0.29) is 5.78 Å². The third kappa shape index (κ3) is 2.58. The molecule has 2 aromatic rings. The number of nitrogens with zero attached hydrogens (tertiary/aromatic N) is 1. The highest BCUT2D eigenvalue weighted by atomic mass is 16.1. The van der Waals surface area contributed by atoms with E-state index in [1.165, 1.54) is 28.8 Å². The minimum Gasteiger partial charge on any atom is -0.372 e. The van der Waals surface area contributed by atoms with E-state index < -0.39 is 0 Å². The highest BCUT2D eigenvalue weighted by Crippen LogP contribution is 2.33. The summed E-state index contributed by atoms with van der Waals surface area (Å²) in [5.74, 6) is 0.114. The Balaban J connectivity index is 1.95. The van der Waals surface area contributed by atoms with Crippen LogP contribution >= 0.6 is 0 Å². The molecule has 3 rings (SSSR count). The number of carbonyl (C=O) groups is 1. The van der Waals surface area contributed by atoms with Crippen molar-refractivity contribution in [3.63, 3.8) is 0 Å². The molecule has 0 aliphatic carbocycles. The molecule has 2 nitrogen and oxygen atoms in total. The van der Waals surface area contributed by atoms with E-state index in [0.717, 1.165) is 12.0 Å². The number of benzene rings is 2. The summed E-state index contributed by atoms with van der Waals surface area (Å²) in [7, 11) is 2.17. The van der Waals surface area contributed by atoms with Crippen LogP contribution in [0.5, 0.6) is 0 Å². The summed E-state index contributed by atoms with van der Waals surface area (Å²) in [4.78, 5) is 13.7. The fourth-order valence-corrected chi connectivity index (χ4v) is 3.00. The third-order valence-electron chi connectivity index (χ3n) is 4.58. The molecule has 0 aromatic heterocycles. The molecule has 0 fully saturated rings. The van der Waals surface area contributed by atoms with Crippen molar-refractivity contribution in [2.75, 3.05) is 11.9 Å². The van der Waals surface area contributed by atoms with Crippen LogP contribution in [0.2, 0.25) is 0 Å². The van der Waals surface area contributed by atoms with Crippen molar-refractivity contribution in [2.45, 2.75) is 32.7 Å². The van der Waals surface area contributed by atoms with Crippen molar-refractivity contribution in [1.29, 1.82) is 0 Å². The summed E-state index contributed by atoms with van der Waals surface area (Å²) in [6, 6.07) is 15.2. The average Bonchev–Trinajstić information content (AvgIpc) is 2.51. The quantitative estimate of drug-likeness (QED) is 0.763. The van der Waals surface area contributed by atoms with Gasteiger partial charge in [-0.1, -0.05) is 30.3 Å². The number of ketones is 1. The Kier molecular flexibility index (Phi) is 3.54. The molecule has 0 spiro atoms. The maximum atomic E-state index is 11.3. The van der Waals surface area contributed by atoms with Crippen LogP contribution < -0.4 is 4.90 Å². The number of hydrogen-bond acceptors (Lipinski definition) is 2. The second kappa shape index (κ2) is 5.36. The monoisotopic (exact) mass is 279 g/mol. The van der Waals surface area contributed by atoms with Crippen molar-refractivity contribution in [2.24, 2.45) is 0 Å². The SMILES string of the molecule is CC(=O)c1ccc(-c2ccc3c(c2)CC[C@H](C)N3C)cc1. The number of fused-ring (bicyclic) bond motifs is 1. The van der Waals surface area contributed by atoms with Crippen LogP contribution in [0, 0.1) is 0 Å². The smallest absolute Gasteiger partial charge is 0.159 e. The van der Waals surface area contributed by atoms with E-state index >= 15 is 0 Å². The van der Waals surface area contributed by atoms with Gasteiger partial charge in [-0.15, -0.1) is 0 Å². The Hall–Kier alpha value is -2.09. The van der Waals surface area contributed by atoms with Crippen LogP contribution in [0.4, 0.5) is 5.69 Å². The van der Waals surface area contributed by atoms with Gasteiger partial charge in [-0.05, 0) is 55.5 Å². The molecule has 2 heteroatoms. The standard InChI is InChI=1S/C19H21NO/c1-13-4-5-18-12-17(10-11-19(18)20(13)3)16-8-6-15(7-9-16)14(2)21/h6-13H,4-5H2,1-3H3/t13-/m0/s1. The van der Waals surface area contributed by atoms with Crippen LogP contribution in [0.3, 0.4) is 0 Å². The number of Topliss-reactive ketones (excluding diaryl/α,β-unsaturated/α-hetero) is 1. The van der Waals surface area contributed by atoms with Gasteiger partial charge in [0.2, 0.25) is 0 Å². The molecule has 2 aromatic carbocycles. The predicted octanol–water partition coefficient (Wildman–Crippen LogP) is 4.33. The summed E-state index contributed by atoms with van der Waals surface area (Å²) in [6.07, 6.45) is 2.34. The lowest BCUT2D eigenvalue weighted by molar-refractivity contribution is 0.101. The number of rotatable bonds is 2. The van der Waals surface area contributed by atoms with Crippen LogP contribution in [0.1, 0.15) is 36.2 Å².